The van der Waals surface area contributed by atoms with E-state index in [-0.39, 0.29) is 28.9 Å². The van der Waals surface area contributed by atoms with Gasteiger partial charge in [-0.25, -0.2) is 0 Å². The van der Waals surface area contributed by atoms with E-state index in [4.69, 9.17) is 5.14 Å². The SMILES string of the molecule is NSc1ccc(NCC#Cc2cc3c(NC4CCCCC4)cccc3n2CC(F)(F)F)c(C(F)(F)F)c1. The number of hydrogen-bond acceptors (Lipinski definition) is 4. The van der Waals surface area contributed by atoms with Crippen molar-refractivity contribution in [1.29, 1.82) is 0 Å². The highest BCUT2D eigenvalue weighted by Gasteiger charge is 2.34. The summed E-state index contributed by atoms with van der Waals surface area (Å²) < 4.78 is 81.6. The Hall–Kier alpha value is -2.97. The second-order valence-electron chi connectivity index (χ2n) is 8.93. The molecule has 0 saturated heterocycles. The lowest BCUT2D eigenvalue weighted by Gasteiger charge is -2.24. The highest BCUT2D eigenvalue weighted by Crippen LogP contribution is 2.37. The van der Waals surface area contributed by atoms with E-state index >= 15 is 0 Å². The quantitative estimate of drug-likeness (QED) is 0.173. The number of rotatable bonds is 6. The lowest BCUT2D eigenvalue weighted by Crippen LogP contribution is -2.22. The summed E-state index contributed by atoms with van der Waals surface area (Å²) >= 11 is 0.698. The maximum absolute atomic E-state index is 13.4. The van der Waals surface area contributed by atoms with Crippen LogP contribution in [0.2, 0.25) is 0 Å². The number of benzene rings is 2. The molecule has 2 aromatic carbocycles. The van der Waals surface area contributed by atoms with Gasteiger partial charge >= 0.3 is 12.4 Å². The van der Waals surface area contributed by atoms with Gasteiger partial charge in [0.2, 0.25) is 0 Å². The molecule has 0 radical (unpaired) electrons. The van der Waals surface area contributed by atoms with Crippen molar-refractivity contribution in [3.63, 3.8) is 0 Å². The Morgan fingerprint density at radius 2 is 1.73 bits per heavy atom. The van der Waals surface area contributed by atoms with Crippen LogP contribution >= 0.6 is 11.9 Å². The number of alkyl halides is 6. The van der Waals surface area contributed by atoms with Crippen molar-refractivity contribution in [2.75, 3.05) is 17.2 Å². The lowest BCUT2D eigenvalue weighted by atomic mass is 9.95. The van der Waals surface area contributed by atoms with Crippen LogP contribution in [-0.2, 0) is 12.7 Å². The van der Waals surface area contributed by atoms with Crippen LogP contribution in [0.25, 0.3) is 10.9 Å². The molecular weight excluding hydrogens is 514 g/mol. The molecule has 0 spiro atoms. The zero-order chi connectivity index (χ0) is 26.6. The molecule has 0 unspecified atom stereocenters. The molecule has 0 amide bonds. The smallest absolute Gasteiger partial charge is 0.382 e. The van der Waals surface area contributed by atoms with Crippen molar-refractivity contribution in [1.82, 2.24) is 4.57 Å². The molecule has 4 nitrogen and oxygen atoms in total. The van der Waals surface area contributed by atoms with Crippen LogP contribution in [0.1, 0.15) is 43.4 Å². The second-order valence-corrected chi connectivity index (χ2v) is 9.63. The first-order valence-electron chi connectivity index (χ1n) is 11.8. The molecule has 3 aromatic rings. The molecule has 1 saturated carbocycles. The van der Waals surface area contributed by atoms with Crippen LogP contribution in [0.4, 0.5) is 37.7 Å². The number of hydrogen-bond donors (Lipinski definition) is 3. The molecule has 0 aliphatic heterocycles. The average molecular weight is 541 g/mol. The molecule has 37 heavy (non-hydrogen) atoms. The van der Waals surface area contributed by atoms with Gasteiger partial charge in [0.05, 0.1) is 23.3 Å². The fraction of sp³-hybridized carbons (Fsp3) is 0.385. The number of nitrogens with one attached hydrogen (secondary N) is 2. The summed E-state index contributed by atoms with van der Waals surface area (Å²) in [5.74, 6) is 5.40. The molecule has 4 N–H and O–H groups in total. The minimum absolute atomic E-state index is 0.137. The van der Waals surface area contributed by atoms with Crippen LogP contribution in [-0.4, -0.2) is 23.3 Å². The molecule has 1 aliphatic rings. The number of halogens is 6. The molecule has 4 rings (SSSR count). The van der Waals surface area contributed by atoms with Gasteiger partial charge in [-0.05, 0) is 67.1 Å². The normalized spacial score (nSPS) is 14.9. The summed E-state index contributed by atoms with van der Waals surface area (Å²) in [6, 6.07) is 10.7. The van der Waals surface area contributed by atoms with Crippen molar-refractivity contribution in [2.24, 2.45) is 5.14 Å². The van der Waals surface area contributed by atoms with Crippen molar-refractivity contribution in [3.05, 3.63) is 53.7 Å². The molecule has 1 heterocycles. The van der Waals surface area contributed by atoms with Gasteiger partial charge in [-0.15, -0.1) is 0 Å². The van der Waals surface area contributed by atoms with E-state index in [0.717, 1.165) is 42.0 Å². The summed E-state index contributed by atoms with van der Waals surface area (Å²) in [5.41, 5.74) is 0.200. The van der Waals surface area contributed by atoms with Crippen molar-refractivity contribution < 1.29 is 26.3 Å². The molecule has 1 aliphatic carbocycles. The molecule has 1 aromatic heterocycles. The molecule has 0 atom stereocenters. The summed E-state index contributed by atoms with van der Waals surface area (Å²) in [6.07, 6.45) is -3.68. The molecule has 1 fully saturated rings. The van der Waals surface area contributed by atoms with E-state index in [1.807, 2.05) is 6.07 Å². The fourth-order valence-electron chi connectivity index (χ4n) is 4.59. The number of fused-ring (bicyclic) bond motifs is 1. The van der Waals surface area contributed by atoms with Gasteiger partial charge in [-0.2, -0.15) is 26.3 Å². The van der Waals surface area contributed by atoms with Gasteiger partial charge in [0, 0.05) is 27.7 Å². The summed E-state index contributed by atoms with van der Waals surface area (Å²) in [6.45, 7) is -1.42. The highest BCUT2D eigenvalue weighted by molar-refractivity contribution is 7.97. The standard InChI is InChI=1S/C26H26F6N4S/c27-25(28,29)16-36-18(8-5-13-34-23-12-11-19(37-33)15-21(23)26(30,31)32)14-20-22(9-4-10-24(20)36)35-17-6-2-1-3-7-17/h4,9-12,14-15,17,34-35H,1-3,6-7,13,16,33H2. The van der Waals surface area contributed by atoms with E-state index in [1.54, 1.807) is 18.2 Å². The Bertz CT molecular complexity index is 1300. The maximum Gasteiger partial charge on any atom is 0.418 e. The van der Waals surface area contributed by atoms with Crippen LogP contribution in [0.3, 0.4) is 0 Å². The molecule has 198 valence electrons. The van der Waals surface area contributed by atoms with Crippen LogP contribution in [0, 0.1) is 11.8 Å². The van der Waals surface area contributed by atoms with Crippen molar-refractivity contribution in [3.8, 4) is 11.8 Å². The average Bonchev–Trinajstić information content (AvgIpc) is 3.18. The van der Waals surface area contributed by atoms with Gasteiger partial charge < -0.3 is 15.2 Å². The third-order valence-electron chi connectivity index (χ3n) is 6.26. The van der Waals surface area contributed by atoms with E-state index in [1.165, 1.54) is 18.6 Å². The number of aromatic nitrogens is 1. The van der Waals surface area contributed by atoms with E-state index in [0.29, 0.717) is 22.9 Å². The summed E-state index contributed by atoms with van der Waals surface area (Å²) in [4.78, 5) is 0.248. The number of nitrogens with two attached hydrogens (primary N) is 1. The Balaban J connectivity index is 1.61. The van der Waals surface area contributed by atoms with Gasteiger partial charge in [0.1, 0.15) is 6.54 Å². The Kier molecular flexibility index (Phi) is 8.19. The predicted molar refractivity (Wildman–Crippen MR) is 135 cm³/mol. The topological polar surface area (TPSA) is 55.0 Å². The van der Waals surface area contributed by atoms with Gasteiger partial charge in [0.25, 0.3) is 0 Å². The molecule has 0 bridgehead atoms. The Morgan fingerprint density at radius 3 is 2.41 bits per heavy atom. The molecule has 11 heteroatoms. The Labute approximate surface area is 215 Å². The van der Waals surface area contributed by atoms with Gasteiger partial charge in [-0.1, -0.05) is 31.2 Å². The highest BCUT2D eigenvalue weighted by atomic mass is 32.2. The monoisotopic (exact) mass is 540 g/mol. The van der Waals surface area contributed by atoms with Gasteiger partial charge in [-0.3, -0.25) is 5.14 Å². The maximum atomic E-state index is 13.4. The molecular formula is C26H26F6N4S. The van der Waals surface area contributed by atoms with Crippen LogP contribution in [0.5, 0.6) is 0 Å². The third-order valence-corrected chi connectivity index (χ3v) is 6.79. The lowest BCUT2D eigenvalue weighted by molar-refractivity contribution is -0.140. The van der Waals surface area contributed by atoms with Crippen LogP contribution in [0.15, 0.2) is 47.4 Å². The zero-order valence-electron chi connectivity index (χ0n) is 19.8. The number of anilines is 2. The fourth-order valence-corrected chi connectivity index (χ4v) is 4.92. The zero-order valence-corrected chi connectivity index (χ0v) is 20.6. The van der Waals surface area contributed by atoms with Crippen molar-refractivity contribution >= 4 is 34.2 Å². The summed E-state index contributed by atoms with van der Waals surface area (Å²) in [7, 11) is 0. The van der Waals surface area contributed by atoms with Gasteiger partial charge in [0.15, 0.2) is 0 Å². The minimum atomic E-state index is -4.61. The summed E-state index contributed by atoms with van der Waals surface area (Å²) in [5, 5.41) is 12.1. The van der Waals surface area contributed by atoms with Crippen molar-refractivity contribution in [2.45, 2.75) is 61.9 Å². The van der Waals surface area contributed by atoms with E-state index in [2.05, 4.69) is 22.5 Å². The van der Waals surface area contributed by atoms with E-state index < -0.39 is 24.5 Å². The Morgan fingerprint density at radius 1 is 0.973 bits per heavy atom. The largest absolute Gasteiger partial charge is 0.418 e. The minimum Gasteiger partial charge on any atom is -0.382 e. The number of nitrogens with zero attached hydrogens (tertiary/aromatic N) is 1. The first kappa shape index (κ1) is 27.1. The van der Waals surface area contributed by atoms with E-state index in [9.17, 15) is 26.3 Å². The predicted octanol–water partition coefficient (Wildman–Crippen LogP) is 7.40. The first-order valence-corrected chi connectivity index (χ1v) is 12.7. The third kappa shape index (κ3) is 6.87. The first-order chi connectivity index (χ1) is 17.5. The van der Waals surface area contributed by atoms with Crippen LogP contribution < -0.4 is 15.8 Å². The second kappa shape index (κ2) is 11.2.